The normalized spacial score (nSPS) is 14.8. The fraction of sp³-hybridized carbons (Fsp3) is 0.300. The number of pyridine rings is 1. The molecule has 1 saturated heterocycles. The second-order valence-corrected chi connectivity index (χ2v) is 6.71. The topological polar surface area (TPSA) is 82.2 Å². The molecule has 144 valence electrons. The van der Waals surface area contributed by atoms with Gasteiger partial charge in [0.05, 0.1) is 24.9 Å². The summed E-state index contributed by atoms with van der Waals surface area (Å²) in [7, 11) is 1.47. The third kappa shape index (κ3) is 3.40. The molecule has 0 spiro atoms. The van der Waals surface area contributed by atoms with Gasteiger partial charge in [-0.05, 0) is 25.0 Å². The summed E-state index contributed by atoms with van der Waals surface area (Å²) in [6.45, 7) is 1.22. The van der Waals surface area contributed by atoms with E-state index in [4.69, 9.17) is 4.74 Å². The molecule has 0 radical (unpaired) electrons. The number of benzene rings is 1. The van der Waals surface area contributed by atoms with Crippen LogP contribution in [-0.4, -0.2) is 50.6 Å². The first-order valence-electron chi connectivity index (χ1n) is 9.18. The predicted octanol–water partition coefficient (Wildman–Crippen LogP) is 1.91. The van der Waals surface area contributed by atoms with E-state index in [2.05, 4.69) is 10.3 Å². The lowest BCUT2D eigenvalue weighted by atomic mass is 10.0. The number of rotatable bonds is 4. The molecule has 8 nitrogen and oxygen atoms in total. The maximum Gasteiger partial charge on any atom is 0.259 e. The zero-order valence-electron chi connectivity index (χ0n) is 15.6. The summed E-state index contributed by atoms with van der Waals surface area (Å²) >= 11 is 0. The van der Waals surface area contributed by atoms with Gasteiger partial charge in [0, 0.05) is 37.2 Å². The van der Waals surface area contributed by atoms with Crippen LogP contribution >= 0.6 is 0 Å². The fourth-order valence-electron chi connectivity index (χ4n) is 3.55. The molecule has 1 aliphatic heterocycles. The van der Waals surface area contributed by atoms with Crippen LogP contribution in [0.25, 0.3) is 5.69 Å². The minimum absolute atomic E-state index is 0.140. The lowest BCUT2D eigenvalue weighted by Crippen LogP contribution is -2.39. The van der Waals surface area contributed by atoms with Gasteiger partial charge in [-0.25, -0.2) is 4.68 Å². The van der Waals surface area contributed by atoms with Crippen LogP contribution in [0.15, 0.2) is 59.8 Å². The van der Waals surface area contributed by atoms with Crippen LogP contribution in [0, 0.1) is 0 Å². The van der Waals surface area contributed by atoms with Crippen molar-refractivity contribution < 1.29 is 9.53 Å². The average molecular weight is 379 g/mol. The van der Waals surface area contributed by atoms with Crippen molar-refractivity contribution in [1.82, 2.24) is 24.5 Å². The number of para-hydroxylation sites is 1. The van der Waals surface area contributed by atoms with E-state index in [1.54, 1.807) is 17.3 Å². The molecular formula is C20H21N5O3. The fourth-order valence-corrected chi connectivity index (χ4v) is 3.55. The molecule has 28 heavy (non-hydrogen) atoms. The van der Waals surface area contributed by atoms with E-state index in [0.29, 0.717) is 30.1 Å². The lowest BCUT2D eigenvalue weighted by molar-refractivity contribution is 0.0685. The van der Waals surface area contributed by atoms with Crippen LogP contribution in [-0.2, 0) is 0 Å². The van der Waals surface area contributed by atoms with E-state index in [-0.39, 0.29) is 17.5 Å². The second kappa shape index (κ2) is 7.67. The van der Waals surface area contributed by atoms with Crippen molar-refractivity contribution in [3.63, 3.8) is 0 Å². The van der Waals surface area contributed by atoms with Gasteiger partial charge in [0.25, 0.3) is 11.5 Å². The summed E-state index contributed by atoms with van der Waals surface area (Å²) in [6.07, 6.45) is 6.68. The standard InChI is InChI=1S/C20H21N5O3/c1-28-18-13-19(26)24(15-5-3-2-4-6-15)14-17(18)20(27)23-10-7-16(8-11-23)25-12-9-21-22-25/h2-6,9,12-14,16H,7-8,10-11H2,1H3. The SMILES string of the molecule is COc1cc(=O)n(-c2ccccc2)cc1C(=O)N1CCC(n2ccnn2)CC1. The predicted molar refractivity (Wildman–Crippen MR) is 103 cm³/mol. The summed E-state index contributed by atoms with van der Waals surface area (Å²) in [5.74, 6) is 0.152. The van der Waals surface area contributed by atoms with E-state index in [1.807, 2.05) is 41.2 Å². The maximum atomic E-state index is 13.2. The largest absolute Gasteiger partial charge is 0.496 e. The number of likely N-dealkylation sites (tertiary alicyclic amines) is 1. The molecule has 0 saturated carbocycles. The summed E-state index contributed by atoms with van der Waals surface area (Å²) in [5, 5.41) is 7.91. The maximum absolute atomic E-state index is 13.2. The molecule has 1 aromatic carbocycles. The highest BCUT2D eigenvalue weighted by Gasteiger charge is 2.27. The van der Waals surface area contributed by atoms with Gasteiger partial charge in [-0.2, -0.15) is 0 Å². The zero-order valence-corrected chi connectivity index (χ0v) is 15.6. The van der Waals surface area contributed by atoms with E-state index >= 15 is 0 Å². The molecule has 0 unspecified atom stereocenters. The third-order valence-corrected chi connectivity index (χ3v) is 5.07. The molecule has 2 aromatic heterocycles. The first kappa shape index (κ1) is 18.0. The molecule has 0 aliphatic carbocycles. The number of nitrogens with zero attached hydrogens (tertiary/aromatic N) is 5. The smallest absolute Gasteiger partial charge is 0.259 e. The van der Waals surface area contributed by atoms with Crippen molar-refractivity contribution in [3.05, 3.63) is 70.9 Å². The van der Waals surface area contributed by atoms with Crippen molar-refractivity contribution >= 4 is 5.91 Å². The van der Waals surface area contributed by atoms with Gasteiger partial charge in [0.15, 0.2) is 0 Å². The van der Waals surface area contributed by atoms with Crippen molar-refractivity contribution in [1.29, 1.82) is 0 Å². The van der Waals surface area contributed by atoms with E-state index in [9.17, 15) is 9.59 Å². The van der Waals surface area contributed by atoms with Crippen LogP contribution in [0.5, 0.6) is 5.75 Å². The number of carbonyl (C=O) groups is 1. The van der Waals surface area contributed by atoms with Gasteiger partial charge in [0.1, 0.15) is 5.75 Å². The van der Waals surface area contributed by atoms with Crippen molar-refractivity contribution in [3.8, 4) is 11.4 Å². The first-order chi connectivity index (χ1) is 13.7. The van der Waals surface area contributed by atoms with Gasteiger partial charge < -0.3 is 9.64 Å². The quantitative estimate of drug-likeness (QED) is 0.692. The van der Waals surface area contributed by atoms with E-state index in [0.717, 1.165) is 12.8 Å². The van der Waals surface area contributed by atoms with Gasteiger partial charge in [0.2, 0.25) is 0 Å². The van der Waals surface area contributed by atoms with Gasteiger partial charge in [-0.3, -0.25) is 14.2 Å². The van der Waals surface area contributed by atoms with E-state index in [1.165, 1.54) is 17.7 Å². The van der Waals surface area contributed by atoms with Crippen LogP contribution in [0.2, 0.25) is 0 Å². The highest BCUT2D eigenvalue weighted by atomic mass is 16.5. The van der Waals surface area contributed by atoms with Gasteiger partial charge in [-0.15, -0.1) is 5.10 Å². The summed E-state index contributed by atoms with van der Waals surface area (Å²) in [6, 6.07) is 10.8. The Morgan fingerprint density at radius 1 is 1.18 bits per heavy atom. The highest BCUT2D eigenvalue weighted by molar-refractivity contribution is 5.96. The minimum Gasteiger partial charge on any atom is -0.496 e. The number of aromatic nitrogens is 4. The molecule has 0 bridgehead atoms. The molecule has 3 aromatic rings. The Balaban J connectivity index is 1.59. The van der Waals surface area contributed by atoms with E-state index < -0.39 is 0 Å². The monoisotopic (exact) mass is 379 g/mol. The van der Waals surface area contributed by atoms with Crippen LogP contribution in [0.3, 0.4) is 0 Å². The molecule has 0 N–H and O–H groups in total. The Bertz CT molecular complexity index is 1010. The Morgan fingerprint density at radius 3 is 2.57 bits per heavy atom. The summed E-state index contributed by atoms with van der Waals surface area (Å²) in [5.41, 5.74) is 0.837. The Labute approximate surface area is 162 Å². The third-order valence-electron chi connectivity index (χ3n) is 5.07. The van der Waals surface area contributed by atoms with Gasteiger partial charge in [-0.1, -0.05) is 23.4 Å². The number of hydrogen-bond acceptors (Lipinski definition) is 5. The Hall–Kier alpha value is -3.42. The highest BCUT2D eigenvalue weighted by Crippen LogP contribution is 2.25. The molecule has 1 fully saturated rings. The Kier molecular flexibility index (Phi) is 4.92. The molecule has 1 amide bonds. The molecule has 0 atom stereocenters. The van der Waals surface area contributed by atoms with Crippen molar-refractivity contribution in [2.75, 3.05) is 20.2 Å². The average Bonchev–Trinajstić information content (AvgIpc) is 3.28. The second-order valence-electron chi connectivity index (χ2n) is 6.71. The number of piperidine rings is 1. The number of amides is 1. The molecule has 1 aliphatic rings. The molecule has 3 heterocycles. The van der Waals surface area contributed by atoms with Crippen LogP contribution in [0.1, 0.15) is 29.2 Å². The summed E-state index contributed by atoms with van der Waals surface area (Å²) in [4.78, 5) is 27.4. The number of carbonyl (C=O) groups excluding carboxylic acids is 1. The van der Waals surface area contributed by atoms with Crippen LogP contribution < -0.4 is 10.3 Å². The molecule has 8 heteroatoms. The summed E-state index contributed by atoms with van der Waals surface area (Å²) < 4.78 is 8.64. The minimum atomic E-state index is -0.246. The van der Waals surface area contributed by atoms with Gasteiger partial charge >= 0.3 is 0 Å². The lowest BCUT2D eigenvalue weighted by Gasteiger charge is -2.32. The van der Waals surface area contributed by atoms with Crippen molar-refractivity contribution in [2.45, 2.75) is 18.9 Å². The number of methoxy groups -OCH3 is 1. The first-order valence-corrected chi connectivity index (χ1v) is 9.18. The molecular weight excluding hydrogens is 358 g/mol. The Morgan fingerprint density at radius 2 is 1.93 bits per heavy atom. The van der Waals surface area contributed by atoms with Crippen LogP contribution in [0.4, 0.5) is 0 Å². The molecule has 4 rings (SSSR count). The number of ether oxygens (including phenoxy) is 1. The van der Waals surface area contributed by atoms with Crippen molar-refractivity contribution in [2.24, 2.45) is 0 Å². The zero-order chi connectivity index (χ0) is 19.5. The number of hydrogen-bond donors (Lipinski definition) is 0.